The average molecular weight is 596 g/mol. The molecule has 0 spiro atoms. The zero-order chi connectivity index (χ0) is 30.8. The first kappa shape index (κ1) is 28.4. The number of ketones is 1. The smallest absolute Gasteiger partial charge is 0.299 e. The van der Waals surface area contributed by atoms with E-state index in [0.29, 0.717) is 39.8 Å². The Hall–Kier alpha value is -5.71. The Morgan fingerprint density at radius 1 is 0.955 bits per heavy atom. The first-order valence-corrected chi connectivity index (χ1v) is 13.7. The topological polar surface area (TPSA) is 114 Å². The summed E-state index contributed by atoms with van der Waals surface area (Å²) in [5.74, 6) is -1.72. The summed E-state index contributed by atoms with van der Waals surface area (Å²) in [6.07, 6.45) is 0. The van der Waals surface area contributed by atoms with Crippen LogP contribution in [0.5, 0.6) is 17.2 Å². The Bertz CT molecular complexity index is 1760. The monoisotopic (exact) mass is 595 g/mol. The molecule has 6 rings (SSSR count). The fourth-order valence-corrected chi connectivity index (χ4v) is 5.19. The lowest BCUT2D eigenvalue weighted by atomic mass is 10.0. The number of halogens is 1. The highest BCUT2D eigenvalue weighted by Crippen LogP contribution is 2.35. The van der Waals surface area contributed by atoms with Gasteiger partial charge in [0.1, 0.15) is 24.2 Å². The molecule has 1 N–H and O–H groups in total. The fourth-order valence-electron chi connectivity index (χ4n) is 5.19. The molecule has 4 aromatic rings. The minimum atomic E-state index is -1.26. The maximum Gasteiger partial charge on any atom is 0.299 e. The largest absolute Gasteiger partial charge is 0.497 e. The number of hydrogen-bond acceptors (Lipinski definition) is 7. The van der Waals surface area contributed by atoms with Gasteiger partial charge < -0.3 is 24.4 Å². The summed E-state index contributed by atoms with van der Waals surface area (Å²) in [5, 5.41) is 2.83. The van der Waals surface area contributed by atoms with Crippen molar-refractivity contribution in [2.45, 2.75) is 12.6 Å². The zero-order valence-corrected chi connectivity index (χ0v) is 23.5. The predicted molar refractivity (Wildman–Crippen MR) is 157 cm³/mol. The van der Waals surface area contributed by atoms with E-state index in [1.807, 2.05) is 0 Å². The van der Waals surface area contributed by atoms with E-state index in [4.69, 9.17) is 14.2 Å². The minimum absolute atomic E-state index is 0.0515. The van der Waals surface area contributed by atoms with E-state index in [2.05, 4.69) is 5.32 Å². The highest BCUT2D eigenvalue weighted by atomic mass is 19.1. The van der Waals surface area contributed by atoms with E-state index >= 15 is 0 Å². The van der Waals surface area contributed by atoms with Crippen LogP contribution in [-0.4, -0.2) is 48.9 Å². The highest BCUT2D eigenvalue weighted by Gasteiger charge is 2.39. The van der Waals surface area contributed by atoms with Crippen molar-refractivity contribution in [1.82, 2.24) is 4.90 Å². The summed E-state index contributed by atoms with van der Waals surface area (Å²) in [5.41, 5.74) is 1.88. The molecule has 3 amide bonds. The first-order valence-electron chi connectivity index (χ1n) is 13.7. The Morgan fingerprint density at radius 3 is 2.43 bits per heavy atom. The van der Waals surface area contributed by atoms with Gasteiger partial charge >= 0.3 is 0 Å². The zero-order valence-electron chi connectivity index (χ0n) is 23.5. The third-order valence-corrected chi connectivity index (χ3v) is 7.39. The number of nitrogens with one attached hydrogen (secondary N) is 1. The summed E-state index contributed by atoms with van der Waals surface area (Å²) >= 11 is 0. The van der Waals surface area contributed by atoms with Gasteiger partial charge in [-0.1, -0.05) is 36.4 Å². The molecule has 0 radical (unpaired) electrons. The molecule has 0 saturated heterocycles. The Kier molecular flexibility index (Phi) is 7.67. The van der Waals surface area contributed by atoms with Crippen LogP contribution in [0.25, 0.3) is 0 Å². The SMILES string of the molecule is COc1ccc(CN(C(=O)CN2C(=O)C(=O)c3ccccc32)[C@H](C(=O)Nc2ccc3c(c2)OCO3)c2ccc(F)cc2)cc1. The molecule has 0 bridgehead atoms. The van der Waals surface area contributed by atoms with Gasteiger partial charge in [0, 0.05) is 18.3 Å². The minimum Gasteiger partial charge on any atom is -0.497 e. The number of carbonyl (C=O) groups excluding carboxylic acids is 4. The lowest BCUT2D eigenvalue weighted by Gasteiger charge is -2.33. The standard InChI is InChI=1S/C33H26FN3O7/c1-42-24-13-6-20(7-14-24)17-37(29(38)18-36-26-5-3-2-4-25(26)31(39)33(36)41)30(21-8-10-22(34)11-9-21)32(40)35-23-12-15-27-28(16-23)44-19-43-27/h2-16,30H,17-19H2,1H3,(H,35,40)/t30-/m0/s1. The van der Waals surface area contributed by atoms with Gasteiger partial charge in [0.05, 0.1) is 18.4 Å². The Morgan fingerprint density at radius 2 is 1.68 bits per heavy atom. The first-order chi connectivity index (χ1) is 21.3. The Labute approximate surface area is 251 Å². The van der Waals surface area contributed by atoms with Crippen LogP contribution in [0.1, 0.15) is 27.5 Å². The van der Waals surface area contributed by atoms with Crippen molar-refractivity contribution in [1.29, 1.82) is 0 Å². The molecule has 2 aliphatic rings. The molecule has 0 aromatic heterocycles. The van der Waals surface area contributed by atoms with E-state index in [-0.39, 0.29) is 18.9 Å². The summed E-state index contributed by atoms with van der Waals surface area (Å²) in [7, 11) is 1.53. The van der Waals surface area contributed by atoms with E-state index in [0.717, 1.165) is 4.90 Å². The van der Waals surface area contributed by atoms with Crippen LogP contribution in [0.3, 0.4) is 0 Å². The molecular formula is C33H26FN3O7. The van der Waals surface area contributed by atoms with Gasteiger partial charge in [-0.2, -0.15) is 0 Å². The molecule has 2 heterocycles. The number of fused-ring (bicyclic) bond motifs is 2. The molecule has 10 nitrogen and oxygen atoms in total. The van der Waals surface area contributed by atoms with Crippen LogP contribution in [0.4, 0.5) is 15.8 Å². The van der Waals surface area contributed by atoms with Gasteiger partial charge in [0.15, 0.2) is 11.5 Å². The van der Waals surface area contributed by atoms with E-state index < -0.39 is 41.9 Å². The van der Waals surface area contributed by atoms with Crippen LogP contribution in [0, 0.1) is 5.82 Å². The number of rotatable bonds is 9. The lowest BCUT2D eigenvalue weighted by molar-refractivity contribution is -0.139. The molecule has 4 aromatic carbocycles. The number of hydrogen-bond donors (Lipinski definition) is 1. The van der Waals surface area contributed by atoms with Crippen molar-refractivity contribution in [3.63, 3.8) is 0 Å². The van der Waals surface area contributed by atoms with Crippen LogP contribution in [0.2, 0.25) is 0 Å². The predicted octanol–water partition coefficient (Wildman–Crippen LogP) is 4.50. The maximum atomic E-state index is 14.2. The van der Waals surface area contributed by atoms with Crippen molar-refractivity contribution in [3.8, 4) is 17.2 Å². The van der Waals surface area contributed by atoms with Crippen LogP contribution < -0.4 is 24.4 Å². The van der Waals surface area contributed by atoms with E-state index in [1.165, 1.54) is 42.3 Å². The van der Waals surface area contributed by atoms with Crippen LogP contribution in [-0.2, 0) is 20.9 Å². The number of carbonyl (C=O) groups is 4. The third-order valence-electron chi connectivity index (χ3n) is 7.39. The second-order valence-corrected chi connectivity index (χ2v) is 10.1. The van der Waals surface area contributed by atoms with Gasteiger partial charge in [0.2, 0.25) is 12.7 Å². The van der Waals surface area contributed by atoms with Crippen molar-refractivity contribution in [3.05, 3.63) is 114 Å². The molecular weight excluding hydrogens is 569 g/mol. The molecule has 222 valence electrons. The normalized spacial score (nSPS) is 13.8. The number of nitrogens with zero attached hydrogens (tertiary/aromatic N) is 2. The summed E-state index contributed by atoms with van der Waals surface area (Å²) < 4.78 is 30.0. The quantitative estimate of drug-likeness (QED) is 0.284. The molecule has 0 fully saturated rings. The molecule has 0 unspecified atom stereocenters. The second-order valence-electron chi connectivity index (χ2n) is 10.1. The molecule has 1 atom stereocenters. The summed E-state index contributed by atoms with van der Waals surface area (Å²) in [6.45, 7) is -0.514. The number of amides is 3. The van der Waals surface area contributed by atoms with E-state index in [9.17, 15) is 23.6 Å². The summed E-state index contributed by atoms with van der Waals surface area (Å²) in [4.78, 5) is 56.2. The van der Waals surface area contributed by atoms with E-state index in [1.54, 1.807) is 60.7 Å². The van der Waals surface area contributed by atoms with Gasteiger partial charge in [-0.25, -0.2) is 4.39 Å². The van der Waals surface area contributed by atoms with Crippen molar-refractivity contribution in [2.75, 3.05) is 30.7 Å². The number of ether oxygens (including phenoxy) is 3. The van der Waals surface area contributed by atoms with Gasteiger partial charge in [-0.05, 0) is 59.7 Å². The molecule has 44 heavy (non-hydrogen) atoms. The number of methoxy groups -OCH3 is 1. The van der Waals surface area contributed by atoms with Gasteiger partial charge in [-0.3, -0.25) is 24.1 Å². The molecule has 0 aliphatic carbocycles. The number of anilines is 2. The lowest BCUT2D eigenvalue weighted by Crippen LogP contribution is -2.46. The molecule has 2 aliphatic heterocycles. The molecule has 11 heteroatoms. The number of Topliss-reactive ketones (excluding diaryl/α,β-unsaturated/α-hetero) is 1. The third kappa shape index (κ3) is 5.54. The van der Waals surface area contributed by atoms with Crippen molar-refractivity contribution in [2.24, 2.45) is 0 Å². The van der Waals surface area contributed by atoms with Gasteiger partial charge in [0.25, 0.3) is 17.6 Å². The number of benzene rings is 4. The van der Waals surface area contributed by atoms with Crippen molar-refractivity contribution >= 4 is 34.9 Å². The maximum absolute atomic E-state index is 14.2. The van der Waals surface area contributed by atoms with Crippen LogP contribution in [0.15, 0.2) is 91.0 Å². The van der Waals surface area contributed by atoms with Crippen molar-refractivity contribution < 1.29 is 37.8 Å². The summed E-state index contributed by atoms with van der Waals surface area (Å²) in [6, 6.07) is 22.2. The fraction of sp³-hybridized carbons (Fsp3) is 0.152. The highest BCUT2D eigenvalue weighted by molar-refractivity contribution is 6.52. The van der Waals surface area contributed by atoms with Gasteiger partial charge in [-0.15, -0.1) is 0 Å². The number of para-hydroxylation sites is 1. The second kappa shape index (κ2) is 11.9. The molecule has 0 saturated carbocycles. The Balaban J connectivity index is 1.38. The average Bonchev–Trinajstić information content (AvgIpc) is 3.60. The van der Waals surface area contributed by atoms with Crippen LogP contribution >= 0.6 is 0 Å².